The summed E-state index contributed by atoms with van der Waals surface area (Å²) in [4.78, 5) is 3.84. The predicted molar refractivity (Wildman–Crippen MR) is 88.0 cm³/mol. The summed E-state index contributed by atoms with van der Waals surface area (Å²) in [6, 6.07) is 10.6. The molecule has 0 amide bonds. The van der Waals surface area contributed by atoms with E-state index in [9.17, 15) is 0 Å². The molecule has 0 aliphatic heterocycles. The van der Waals surface area contributed by atoms with E-state index in [0.717, 1.165) is 0 Å². The van der Waals surface area contributed by atoms with Gasteiger partial charge < -0.3 is 4.98 Å². The Balaban J connectivity index is 2.25. The monoisotopic (exact) mass is 271 g/mol. The van der Waals surface area contributed by atoms with Gasteiger partial charge in [0.25, 0.3) is 0 Å². The first-order chi connectivity index (χ1) is 8.95. The Bertz CT molecular complexity index is 459. The molecule has 2 heteroatoms. The van der Waals surface area contributed by atoms with E-state index >= 15 is 0 Å². The molecular formula is C17H25NSi. The van der Waals surface area contributed by atoms with Crippen LogP contribution in [0.2, 0.25) is 18.1 Å². The van der Waals surface area contributed by atoms with Gasteiger partial charge in [0.2, 0.25) is 0 Å². The molecular weight excluding hydrogens is 246 g/mol. The van der Waals surface area contributed by atoms with E-state index in [1.54, 1.807) is 0 Å². The van der Waals surface area contributed by atoms with Crippen molar-refractivity contribution in [3.63, 3.8) is 0 Å². The van der Waals surface area contributed by atoms with Gasteiger partial charge in [0.05, 0.1) is 0 Å². The highest BCUT2D eigenvalue weighted by Crippen LogP contribution is 2.49. The highest BCUT2D eigenvalue weighted by molar-refractivity contribution is 6.84. The van der Waals surface area contributed by atoms with E-state index in [4.69, 9.17) is 0 Å². The van der Waals surface area contributed by atoms with Gasteiger partial charge in [0.15, 0.2) is 8.24 Å². The molecule has 0 aromatic heterocycles. The van der Waals surface area contributed by atoms with Crippen LogP contribution in [0.1, 0.15) is 20.3 Å². The number of nitrogens with one attached hydrogen (secondary N) is 1. The van der Waals surface area contributed by atoms with Crippen LogP contribution in [0.5, 0.6) is 0 Å². The van der Waals surface area contributed by atoms with Crippen molar-refractivity contribution < 1.29 is 0 Å². The number of rotatable bonds is 5. The molecule has 1 nitrogen and oxygen atoms in total. The summed E-state index contributed by atoms with van der Waals surface area (Å²) < 4.78 is 0. The van der Waals surface area contributed by atoms with Crippen LogP contribution in [0.4, 0.5) is 5.69 Å². The van der Waals surface area contributed by atoms with Crippen LogP contribution < -0.4 is 4.98 Å². The van der Waals surface area contributed by atoms with Crippen molar-refractivity contribution in [1.29, 1.82) is 0 Å². The van der Waals surface area contributed by atoms with E-state index < -0.39 is 8.24 Å². The molecule has 1 aromatic carbocycles. The van der Waals surface area contributed by atoms with E-state index in [2.05, 4.69) is 86.6 Å². The van der Waals surface area contributed by atoms with E-state index in [0.29, 0.717) is 5.92 Å². The van der Waals surface area contributed by atoms with Crippen molar-refractivity contribution >= 4 is 13.9 Å². The zero-order valence-electron chi connectivity index (χ0n) is 12.5. The zero-order valence-corrected chi connectivity index (χ0v) is 13.5. The van der Waals surface area contributed by atoms with Crippen molar-refractivity contribution in [1.82, 2.24) is 0 Å². The van der Waals surface area contributed by atoms with Gasteiger partial charge in [-0.2, -0.15) is 0 Å². The van der Waals surface area contributed by atoms with Crippen molar-refractivity contribution in [2.45, 2.75) is 38.4 Å². The van der Waals surface area contributed by atoms with Gasteiger partial charge in [-0.05, 0) is 24.5 Å². The SMILES string of the molecule is CC(C)CC1([Si](C)(C)Nc2ccccc2)C=CC=C1. The minimum Gasteiger partial charge on any atom is -0.410 e. The molecule has 2 rings (SSSR count). The van der Waals surface area contributed by atoms with Crippen molar-refractivity contribution in [2.75, 3.05) is 4.98 Å². The first kappa shape index (κ1) is 14.1. The molecule has 0 radical (unpaired) electrons. The summed E-state index contributed by atoms with van der Waals surface area (Å²) in [6.07, 6.45) is 10.5. The number of benzene rings is 1. The third-order valence-corrected chi connectivity index (χ3v) is 7.82. The van der Waals surface area contributed by atoms with Crippen molar-refractivity contribution in [3.05, 3.63) is 54.6 Å². The third-order valence-electron chi connectivity index (χ3n) is 4.04. The van der Waals surface area contributed by atoms with Gasteiger partial charge >= 0.3 is 0 Å². The van der Waals surface area contributed by atoms with Gasteiger partial charge in [0.1, 0.15) is 0 Å². The fourth-order valence-corrected chi connectivity index (χ4v) is 6.06. The van der Waals surface area contributed by atoms with Crippen LogP contribution in [0.25, 0.3) is 0 Å². The molecule has 1 aliphatic rings. The number of allylic oxidation sites excluding steroid dienone is 4. The van der Waals surface area contributed by atoms with Gasteiger partial charge in [-0.1, -0.05) is 69.4 Å². The number of hydrogen-bond donors (Lipinski definition) is 1. The quantitative estimate of drug-likeness (QED) is 0.724. The Labute approximate surface area is 118 Å². The van der Waals surface area contributed by atoms with Crippen LogP contribution in [-0.4, -0.2) is 8.24 Å². The summed E-state index contributed by atoms with van der Waals surface area (Å²) in [5.74, 6) is 0.705. The minimum absolute atomic E-state index is 0.233. The fraction of sp³-hybridized carbons (Fsp3) is 0.412. The largest absolute Gasteiger partial charge is 0.410 e. The van der Waals surface area contributed by atoms with Crippen LogP contribution >= 0.6 is 0 Å². The topological polar surface area (TPSA) is 12.0 Å². The third kappa shape index (κ3) is 3.00. The summed E-state index contributed by atoms with van der Waals surface area (Å²) >= 11 is 0. The van der Waals surface area contributed by atoms with Crippen LogP contribution in [0, 0.1) is 5.92 Å². The van der Waals surface area contributed by atoms with Gasteiger partial charge in [-0.15, -0.1) is 0 Å². The Morgan fingerprint density at radius 2 is 1.63 bits per heavy atom. The summed E-state index contributed by atoms with van der Waals surface area (Å²) in [5, 5.41) is 0.233. The highest BCUT2D eigenvalue weighted by Gasteiger charge is 2.44. The molecule has 0 fully saturated rings. The Morgan fingerprint density at radius 1 is 1.05 bits per heavy atom. The minimum atomic E-state index is -1.65. The molecule has 1 N–H and O–H groups in total. The molecule has 1 aliphatic carbocycles. The molecule has 0 saturated heterocycles. The first-order valence-electron chi connectivity index (χ1n) is 7.15. The molecule has 19 heavy (non-hydrogen) atoms. The molecule has 0 bridgehead atoms. The molecule has 0 saturated carbocycles. The molecule has 1 aromatic rings. The van der Waals surface area contributed by atoms with E-state index in [1.807, 2.05) is 0 Å². The molecule has 0 heterocycles. The number of anilines is 1. The highest BCUT2D eigenvalue weighted by atomic mass is 28.3. The average molecular weight is 271 g/mol. The Hall–Kier alpha value is -1.28. The lowest BCUT2D eigenvalue weighted by Crippen LogP contribution is -2.48. The second kappa shape index (κ2) is 5.38. The molecule has 102 valence electrons. The van der Waals surface area contributed by atoms with E-state index in [1.165, 1.54) is 12.1 Å². The van der Waals surface area contributed by atoms with Crippen molar-refractivity contribution in [2.24, 2.45) is 5.92 Å². The maximum Gasteiger partial charge on any atom is 0.161 e. The molecule has 0 unspecified atom stereocenters. The number of hydrogen-bond acceptors (Lipinski definition) is 1. The van der Waals surface area contributed by atoms with Gasteiger partial charge in [0, 0.05) is 10.7 Å². The average Bonchev–Trinajstić information content (AvgIpc) is 2.79. The normalized spacial score (nSPS) is 17.1. The lowest BCUT2D eigenvalue weighted by molar-refractivity contribution is 0.535. The van der Waals surface area contributed by atoms with Gasteiger partial charge in [-0.3, -0.25) is 0 Å². The Kier molecular flexibility index (Phi) is 4.00. The molecule has 0 spiro atoms. The Morgan fingerprint density at radius 3 is 2.16 bits per heavy atom. The number of para-hydroxylation sites is 1. The van der Waals surface area contributed by atoms with Gasteiger partial charge in [-0.25, -0.2) is 0 Å². The maximum atomic E-state index is 3.84. The fourth-order valence-electron chi connectivity index (χ4n) is 2.99. The summed E-state index contributed by atoms with van der Waals surface area (Å²) in [7, 11) is -1.65. The standard InChI is InChI=1S/C17H25NSi/c1-15(2)14-17(12-8-9-13-17)19(3,4)18-16-10-6-5-7-11-16/h5-13,15,18H,14H2,1-4H3. The lowest BCUT2D eigenvalue weighted by atomic mass is 9.97. The maximum absolute atomic E-state index is 3.84. The lowest BCUT2D eigenvalue weighted by Gasteiger charge is -2.42. The van der Waals surface area contributed by atoms with Crippen LogP contribution in [0.15, 0.2) is 54.6 Å². The summed E-state index contributed by atoms with van der Waals surface area (Å²) in [5.41, 5.74) is 1.25. The zero-order chi connectivity index (χ0) is 13.9. The second-order valence-corrected chi connectivity index (χ2v) is 10.9. The smallest absolute Gasteiger partial charge is 0.161 e. The van der Waals surface area contributed by atoms with Crippen molar-refractivity contribution in [3.8, 4) is 0 Å². The predicted octanol–water partition coefficient (Wildman–Crippen LogP) is 5.22. The second-order valence-electron chi connectivity index (χ2n) is 6.47. The molecule has 0 atom stereocenters. The van der Waals surface area contributed by atoms with E-state index in [-0.39, 0.29) is 5.04 Å². The summed E-state index contributed by atoms with van der Waals surface area (Å²) in [6.45, 7) is 9.49. The van der Waals surface area contributed by atoms with Crippen LogP contribution in [0.3, 0.4) is 0 Å². The first-order valence-corrected chi connectivity index (χ1v) is 10.2. The van der Waals surface area contributed by atoms with Crippen LogP contribution in [-0.2, 0) is 0 Å².